The molecule has 0 bridgehead atoms. The molecule has 19 heavy (non-hydrogen) atoms. The van der Waals surface area contributed by atoms with Crippen LogP contribution in [-0.4, -0.2) is 46.8 Å². The largest absolute Gasteiger partial charge is 0.409 e. The molecule has 0 aromatic carbocycles. The van der Waals surface area contributed by atoms with Gasteiger partial charge in [0.1, 0.15) is 18.5 Å². The SMILES string of the molecule is CC1CC(C(=O)N2CC(=O)NC(=O)C2)(C(N)=NO)C1. The summed E-state index contributed by atoms with van der Waals surface area (Å²) in [5, 5.41) is 13.9. The Morgan fingerprint density at radius 3 is 2.37 bits per heavy atom. The number of hydrogen-bond donors (Lipinski definition) is 3. The normalized spacial score (nSPS) is 31.7. The van der Waals surface area contributed by atoms with Gasteiger partial charge in [0, 0.05) is 0 Å². The van der Waals surface area contributed by atoms with Crippen molar-refractivity contribution in [3.8, 4) is 0 Å². The van der Waals surface area contributed by atoms with Crippen molar-refractivity contribution in [2.75, 3.05) is 13.1 Å². The summed E-state index contributed by atoms with van der Waals surface area (Å²) < 4.78 is 0. The summed E-state index contributed by atoms with van der Waals surface area (Å²) >= 11 is 0. The number of piperazine rings is 1. The molecule has 1 aliphatic carbocycles. The summed E-state index contributed by atoms with van der Waals surface area (Å²) in [6.45, 7) is 1.59. The lowest BCUT2D eigenvalue weighted by Crippen LogP contribution is -2.62. The van der Waals surface area contributed by atoms with E-state index in [9.17, 15) is 14.4 Å². The summed E-state index contributed by atoms with van der Waals surface area (Å²) in [4.78, 5) is 36.2. The van der Waals surface area contributed by atoms with Gasteiger partial charge < -0.3 is 15.8 Å². The number of nitrogens with zero attached hydrogens (tertiary/aromatic N) is 2. The quantitative estimate of drug-likeness (QED) is 0.187. The van der Waals surface area contributed by atoms with Crippen molar-refractivity contribution in [2.24, 2.45) is 22.2 Å². The van der Waals surface area contributed by atoms with Crippen LogP contribution in [0, 0.1) is 11.3 Å². The van der Waals surface area contributed by atoms with Gasteiger partial charge in [0.2, 0.25) is 17.7 Å². The first-order valence-electron chi connectivity index (χ1n) is 5.99. The third-order valence-corrected chi connectivity index (χ3v) is 3.64. The molecule has 2 fully saturated rings. The molecule has 2 rings (SSSR count). The lowest BCUT2D eigenvalue weighted by Gasteiger charge is -2.46. The van der Waals surface area contributed by atoms with Gasteiger partial charge in [-0.25, -0.2) is 0 Å². The molecule has 0 aromatic heterocycles. The van der Waals surface area contributed by atoms with Gasteiger partial charge in [0.15, 0.2) is 5.84 Å². The Hall–Kier alpha value is -2.12. The van der Waals surface area contributed by atoms with E-state index in [2.05, 4.69) is 10.5 Å². The van der Waals surface area contributed by atoms with Gasteiger partial charge in [-0.15, -0.1) is 0 Å². The fourth-order valence-corrected chi connectivity index (χ4v) is 2.80. The summed E-state index contributed by atoms with van der Waals surface area (Å²) in [5.41, 5.74) is 4.54. The molecule has 1 aliphatic heterocycles. The topological polar surface area (TPSA) is 125 Å². The van der Waals surface area contributed by atoms with Gasteiger partial charge in [-0.05, 0) is 18.8 Å². The van der Waals surface area contributed by atoms with E-state index in [1.165, 1.54) is 0 Å². The second kappa shape index (κ2) is 4.52. The second-order valence-corrected chi connectivity index (χ2v) is 5.21. The van der Waals surface area contributed by atoms with Crippen LogP contribution < -0.4 is 11.1 Å². The van der Waals surface area contributed by atoms with E-state index in [-0.39, 0.29) is 24.8 Å². The second-order valence-electron chi connectivity index (χ2n) is 5.21. The van der Waals surface area contributed by atoms with Crippen LogP contribution in [0.4, 0.5) is 0 Å². The Labute approximate surface area is 109 Å². The van der Waals surface area contributed by atoms with Crippen LogP contribution in [0.15, 0.2) is 5.16 Å². The van der Waals surface area contributed by atoms with Crippen molar-refractivity contribution in [3.63, 3.8) is 0 Å². The molecule has 0 spiro atoms. The van der Waals surface area contributed by atoms with Crippen molar-refractivity contribution in [1.82, 2.24) is 10.2 Å². The average Bonchev–Trinajstić information content (AvgIpc) is 2.31. The third-order valence-electron chi connectivity index (χ3n) is 3.64. The number of hydrogen-bond acceptors (Lipinski definition) is 5. The van der Waals surface area contributed by atoms with E-state index in [4.69, 9.17) is 10.9 Å². The number of nitrogens with one attached hydrogen (secondary N) is 1. The number of amidine groups is 1. The lowest BCUT2D eigenvalue weighted by atomic mass is 9.61. The Morgan fingerprint density at radius 2 is 1.95 bits per heavy atom. The maximum atomic E-state index is 12.5. The molecule has 0 unspecified atom stereocenters. The van der Waals surface area contributed by atoms with E-state index < -0.39 is 23.1 Å². The first-order valence-corrected chi connectivity index (χ1v) is 5.99. The van der Waals surface area contributed by atoms with Crippen molar-refractivity contribution in [3.05, 3.63) is 0 Å². The van der Waals surface area contributed by atoms with Gasteiger partial charge in [0.25, 0.3) is 0 Å². The molecule has 0 aromatic rings. The van der Waals surface area contributed by atoms with E-state index >= 15 is 0 Å². The maximum Gasteiger partial charge on any atom is 0.246 e. The predicted octanol–water partition coefficient (Wildman–Crippen LogP) is -1.37. The standard InChI is InChI=1S/C11H16N4O4/c1-6-2-11(3-6,9(12)14-19)10(18)15-4-7(16)13-8(17)5-15/h6,19H,2-5H2,1H3,(H2,12,14)(H,13,16,17). The van der Waals surface area contributed by atoms with Crippen molar-refractivity contribution >= 4 is 23.6 Å². The summed E-state index contributed by atoms with van der Waals surface area (Å²) in [5.74, 6) is -1.35. The summed E-state index contributed by atoms with van der Waals surface area (Å²) in [7, 11) is 0. The molecule has 8 heteroatoms. The molecule has 1 heterocycles. The number of carbonyl (C=O) groups excluding carboxylic acids is 3. The minimum Gasteiger partial charge on any atom is -0.409 e. The number of oxime groups is 1. The molecule has 1 saturated carbocycles. The molecule has 0 radical (unpaired) electrons. The smallest absolute Gasteiger partial charge is 0.246 e. The zero-order valence-corrected chi connectivity index (χ0v) is 10.5. The maximum absolute atomic E-state index is 12.5. The van der Waals surface area contributed by atoms with Gasteiger partial charge in [0.05, 0.1) is 0 Å². The van der Waals surface area contributed by atoms with E-state index in [0.717, 1.165) is 4.90 Å². The molecule has 8 nitrogen and oxygen atoms in total. The predicted molar refractivity (Wildman–Crippen MR) is 64.0 cm³/mol. The fraction of sp³-hybridized carbons (Fsp3) is 0.636. The van der Waals surface area contributed by atoms with Crippen molar-refractivity contribution in [2.45, 2.75) is 19.8 Å². The highest BCUT2D eigenvalue weighted by atomic mass is 16.4. The number of carbonyl (C=O) groups is 3. The van der Waals surface area contributed by atoms with Crippen LogP contribution in [0.3, 0.4) is 0 Å². The zero-order chi connectivity index (χ0) is 14.2. The van der Waals surface area contributed by atoms with E-state index in [0.29, 0.717) is 12.8 Å². The summed E-state index contributed by atoms with van der Waals surface area (Å²) in [6.07, 6.45) is 0.905. The van der Waals surface area contributed by atoms with Crippen LogP contribution >= 0.6 is 0 Å². The number of rotatable bonds is 2. The number of nitrogens with two attached hydrogens (primary N) is 1. The highest BCUT2D eigenvalue weighted by Crippen LogP contribution is 2.47. The van der Waals surface area contributed by atoms with Crippen LogP contribution in [0.25, 0.3) is 0 Å². The zero-order valence-electron chi connectivity index (χ0n) is 10.5. The van der Waals surface area contributed by atoms with Gasteiger partial charge in [-0.1, -0.05) is 12.1 Å². The number of amides is 3. The van der Waals surface area contributed by atoms with Crippen molar-refractivity contribution < 1.29 is 19.6 Å². The Kier molecular flexibility index (Phi) is 3.17. The summed E-state index contributed by atoms with van der Waals surface area (Å²) in [6, 6.07) is 0. The molecular weight excluding hydrogens is 252 g/mol. The average molecular weight is 268 g/mol. The molecule has 3 amide bonds. The third kappa shape index (κ3) is 2.13. The molecule has 2 aliphatic rings. The fourth-order valence-electron chi connectivity index (χ4n) is 2.80. The lowest BCUT2D eigenvalue weighted by molar-refractivity contribution is -0.153. The van der Waals surface area contributed by atoms with Crippen LogP contribution in [-0.2, 0) is 14.4 Å². The first-order chi connectivity index (χ1) is 8.89. The highest BCUT2D eigenvalue weighted by molar-refractivity contribution is 6.11. The Morgan fingerprint density at radius 1 is 1.42 bits per heavy atom. The van der Waals surface area contributed by atoms with Crippen LogP contribution in [0.1, 0.15) is 19.8 Å². The monoisotopic (exact) mass is 268 g/mol. The van der Waals surface area contributed by atoms with Gasteiger partial charge in [-0.3, -0.25) is 19.7 Å². The van der Waals surface area contributed by atoms with Crippen LogP contribution in [0.2, 0.25) is 0 Å². The minimum absolute atomic E-state index is 0.158. The molecular formula is C11H16N4O4. The van der Waals surface area contributed by atoms with Crippen LogP contribution in [0.5, 0.6) is 0 Å². The molecule has 0 atom stereocenters. The first kappa shape index (κ1) is 13.3. The highest BCUT2D eigenvalue weighted by Gasteiger charge is 2.54. The molecule has 4 N–H and O–H groups in total. The number of imide groups is 1. The van der Waals surface area contributed by atoms with Gasteiger partial charge >= 0.3 is 0 Å². The minimum atomic E-state index is -1.08. The Balaban J connectivity index is 2.21. The molecule has 1 saturated heterocycles. The Bertz CT molecular complexity index is 451. The van der Waals surface area contributed by atoms with Gasteiger partial charge in [-0.2, -0.15) is 0 Å². The molecule has 104 valence electrons. The van der Waals surface area contributed by atoms with E-state index in [1.807, 2.05) is 6.92 Å². The van der Waals surface area contributed by atoms with E-state index in [1.54, 1.807) is 0 Å². The van der Waals surface area contributed by atoms with Crippen molar-refractivity contribution in [1.29, 1.82) is 0 Å².